The van der Waals surface area contributed by atoms with Gasteiger partial charge in [-0.1, -0.05) is 13.8 Å². The van der Waals surface area contributed by atoms with Crippen molar-refractivity contribution in [2.45, 2.75) is 77.7 Å². The standard InChI is InChI=1S/C15H28N2O2/c1-10(2)8-13-16-11(3)14(18)17(13)12-6-7-19-15(4,5)9-12/h10-13,16H,6-9H2,1-5H3. The molecule has 2 aliphatic rings. The van der Waals surface area contributed by atoms with Crippen molar-refractivity contribution >= 4 is 5.91 Å². The molecule has 1 amide bonds. The van der Waals surface area contributed by atoms with Gasteiger partial charge in [-0.05, 0) is 46.0 Å². The summed E-state index contributed by atoms with van der Waals surface area (Å²) >= 11 is 0. The quantitative estimate of drug-likeness (QED) is 0.852. The molecule has 2 heterocycles. The van der Waals surface area contributed by atoms with Crippen LogP contribution in [0.15, 0.2) is 0 Å². The molecule has 4 heteroatoms. The molecule has 0 aromatic heterocycles. The molecule has 4 nitrogen and oxygen atoms in total. The smallest absolute Gasteiger partial charge is 0.240 e. The van der Waals surface area contributed by atoms with E-state index in [2.05, 4.69) is 37.9 Å². The molecule has 2 fully saturated rings. The van der Waals surface area contributed by atoms with E-state index in [0.29, 0.717) is 12.0 Å². The minimum atomic E-state index is -0.114. The van der Waals surface area contributed by atoms with Crippen LogP contribution in [0.3, 0.4) is 0 Å². The second-order valence-corrected chi connectivity index (χ2v) is 7.03. The molecule has 110 valence electrons. The fourth-order valence-corrected chi connectivity index (χ4v) is 3.32. The normalized spacial score (nSPS) is 35.2. The first kappa shape index (κ1) is 14.8. The molecule has 0 radical (unpaired) electrons. The predicted octanol–water partition coefficient (Wildman–Crippen LogP) is 2.14. The van der Waals surface area contributed by atoms with E-state index in [1.165, 1.54) is 0 Å². The van der Waals surface area contributed by atoms with Crippen LogP contribution >= 0.6 is 0 Å². The number of nitrogens with one attached hydrogen (secondary N) is 1. The summed E-state index contributed by atoms with van der Waals surface area (Å²) in [4.78, 5) is 14.5. The van der Waals surface area contributed by atoms with Gasteiger partial charge >= 0.3 is 0 Å². The van der Waals surface area contributed by atoms with E-state index in [-0.39, 0.29) is 23.7 Å². The van der Waals surface area contributed by atoms with Crippen LogP contribution in [0.1, 0.15) is 53.9 Å². The van der Waals surface area contributed by atoms with Crippen molar-refractivity contribution in [2.24, 2.45) is 5.92 Å². The number of rotatable bonds is 3. The Bertz CT molecular complexity index is 341. The first-order chi connectivity index (χ1) is 8.80. The molecule has 0 saturated carbocycles. The van der Waals surface area contributed by atoms with Gasteiger partial charge in [0.15, 0.2) is 0 Å². The Kier molecular flexibility index (Phi) is 4.21. The van der Waals surface area contributed by atoms with Gasteiger partial charge in [0.25, 0.3) is 0 Å². The van der Waals surface area contributed by atoms with Crippen molar-refractivity contribution in [1.29, 1.82) is 0 Å². The fraction of sp³-hybridized carbons (Fsp3) is 0.933. The molecular formula is C15H28N2O2. The summed E-state index contributed by atoms with van der Waals surface area (Å²) in [6.07, 6.45) is 3.11. The molecule has 0 aromatic carbocycles. The number of amides is 1. The Morgan fingerprint density at radius 1 is 1.47 bits per heavy atom. The highest BCUT2D eigenvalue weighted by Gasteiger charge is 2.43. The van der Waals surface area contributed by atoms with Gasteiger partial charge in [-0.15, -0.1) is 0 Å². The number of carbonyl (C=O) groups is 1. The van der Waals surface area contributed by atoms with Crippen LogP contribution in [0.5, 0.6) is 0 Å². The van der Waals surface area contributed by atoms with Crippen molar-refractivity contribution in [1.82, 2.24) is 10.2 Å². The molecule has 0 bridgehead atoms. The highest BCUT2D eigenvalue weighted by molar-refractivity contribution is 5.84. The molecule has 3 unspecified atom stereocenters. The van der Waals surface area contributed by atoms with Crippen LogP contribution in [-0.2, 0) is 9.53 Å². The fourth-order valence-electron chi connectivity index (χ4n) is 3.32. The summed E-state index contributed by atoms with van der Waals surface area (Å²) in [6, 6.07) is 0.271. The molecule has 19 heavy (non-hydrogen) atoms. The molecule has 2 saturated heterocycles. The maximum absolute atomic E-state index is 12.4. The van der Waals surface area contributed by atoms with Gasteiger partial charge < -0.3 is 9.64 Å². The van der Waals surface area contributed by atoms with Gasteiger partial charge in [0.2, 0.25) is 5.91 Å². The lowest BCUT2D eigenvalue weighted by Gasteiger charge is -2.42. The number of carbonyl (C=O) groups excluding carboxylic acids is 1. The Morgan fingerprint density at radius 2 is 2.16 bits per heavy atom. The minimum absolute atomic E-state index is 0.0466. The Labute approximate surface area is 116 Å². The van der Waals surface area contributed by atoms with Gasteiger partial charge in [-0.2, -0.15) is 0 Å². The lowest BCUT2D eigenvalue weighted by atomic mass is 9.92. The van der Waals surface area contributed by atoms with Crippen molar-refractivity contribution in [3.8, 4) is 0 Å². The number of ether oxygens (including phenoxy) is 1. The number of hydrogen-bond donors (Lipinski definition) is 1. The highest BCUT2D eigenvalue weighted by Crippen LogP contribution is 2.31. The third-order valence-electron chi connectivity index (χ3n) is 4.16. The van der Waals surface area contributed by atoms with Gasteiger partial charge in [0, 0.05) is 12.6 Å². The average molecular weight is 268 g/mol. The maximum Gasteiger partial charge on any atom is 0.240 e. The summed E-state index contributed by atoms with van der Waals surface area (Å²) in [6.45, 7) is 11.4. The lowest BCUT2D eigenvalue weighted by Crippen LogP contribution is -2.51. The van der Waals surface area contributed by atoms with Crippen LogP contribution < -0.4 is 5.32 Å². The molecule has 3 atom stereocenters. The first-order valence-electron chi connectivity index (χ1n) is 7.52. The first-order valence-corrected chi connectivity index (χ1v) is 7.52. The minimum Gasteiger partial charge on any atom is -0.375 e. The second kappa shape index (κ2) is 5.41. The molecule has 2 rings (SSSR count). The molecule has 2 aliphatic heterocycles. The lowest BCUT2D eigenvalue weighted by molar-refractivity contribution is -0.139. The predicted molar refractivity (Wildman–Crippen MR) is 75.7 cm³/mol. The van der Waals surface area contributed by atoms with Crippen LogP contribution in [0.25, 0.3) is 0 Å². The van der Waals surface area contributed by atoms with E-state index in [1.807, 2.05) is 6.92 Å². The maximum atomic E-state index is 12.4. The van der Waals surface area contributed by atoms with Gasteiger partial charge in [-0.25, -0.2) is 0 Å². The van der Waals surface area contributed by atoms with Crippen molar-refractivity contribution in [2.75, 3.05) is 6.61 Å². The molecular weight excluding hydrogens is 240 g/mol. The molecule has 0 aromatic rings. The van der Waals surface area contributed by atoms with Gasteiger partial charge in [0.1, 0.15) is 0 Å². The van der Waals surface area contributed by atoms with Crippen LogP contribution in [0, 0.1) is 5.92 Å². The van der Waals surface area contributed by atoms with Gasteiger partial charge in [0.05, 0.1) is 17.8 Å². The van der Waals surface area contributed by atoms with Crippen molar-refractivity contribution < 1.29 is 9.53 Å². The Balaban J connectivity index is 2.12. The zero-order valence-corrected chi connectivity index (χ0v) is 12.9. The topological polar surface area (TPSA) is 41.6 Å². The third-order valence-corrected chi connectivity index (χ3v) is 4.16. The van der Waals surface area contributed by atoms with Crippen LogP contribution in [-0.4, -0.2) is 41.3 Å². The van der Waals surface area contributed by atoms with Crippen LogP contribution in [0.4, 0.5) is 0 Å². The SMILES string of the molecule is CC(C)CC1NC(C)C(=O)N1C1CCOC(C)(C)C1. The van der Waals surface area contributed by atoms with E-state index in [9.17, 15) is 4.79 Å². The largest absolute Gasteiger partial charge is 0.375 e. The highest BCUT2D eigenvalue weighted by atomic mass is 16.5. The van der Waals surface area contributed by atoms with Crippen LogP contribution in [0.2, 0.25) is 0 Å². The summed E-state index contributed by atoms with van der Waals surface area (Å²) in [5.41, 5.74) is -0.114. The van der Waals surface area contributed by atoms with Crippen molar-refractivity contribution in [3.05, 3.63) is 0 Å². The molecule has 0 spiro atoms. The molecule has 1 N–H and O–H groups in total. The summed E-state index contributed by atoms with van der Waals surface area (Å²) < 4.78 is 5.78. The van der Waals surface area contributed by atoms with E-state index in [0.717, 1.165) is 25.9 Å². The zero-order chi connectivity index (χ0) is 14.2. The van der Waals surface area contributed by atoms with E-state index in [4.69, 9.17) is 4.74 Å². The average Bonchev–Trinajstić information content (AvgIpc) is 2.52. The monoisotopic (exact) mass is 268 g/mol. The Hall–Kier alpha value is -0.610. The summed E-state index contributed by atoms with van der Waals surface area (Å²) in [7, 11) is 0. The summed E-state index contributed by atoms with van der Waals surface area (Å²) in [5, 5.41) is 3.45. The van der Waals surface area contributed by atoms with E-state index >= 15 is 0 Å². The Morgan fingerprint density at radius 3 is 2.74 bits per heavy atom. The van der Waals surface area contributed by atoms with Crippen molar-refractivity contribution in [3.63, 3.8) is 0 Å². The number of hydrogen-bond acceptors (Lipinski definition) is 3. The van der Waals surface area contributed by atoms with E-state index in [1.54, 1.807) is 0 Å². The summed E-state index contributed by atoms with van der Waals surface area (Å²) in [5.74, 6) is 0.847. The third kappa shape index (κ3) is 3.29. The number of nitrogens with zero attached hydrogens (tertiary/aromatic N) is 1. The molecule has 0 aliphatic carbocycles. The van der Waals surface area contributed by atoms with E-state index < -0.39 is 0 Å². The zero-order valence-electron chi connectivity index (χ0n) is 12.9. The van der Waals surface area contributed by atoms with Gasteiger partial charge in [-0.3, -0.25) is 10.1 Å². The second-order valence-electron chi connectivity index (χ2n) is 7.03.